The molecule has 0 saturated carbocycles. The molecular weight excluding hydrogens is 320 g/mol. The molecule has 7 nitrogen and oxygen atoms in total. The number of hydrogen-bond acceptors (Lipinski definition) is 4. The molecule has 25 heavy (non-hydrogen) atoms. The number of anilines is 2. The van der Waals surface area contributed by atoms with Crippen molar-refractivity contribution in [2.24, 2.45) is 0 Å². The third kappa shape index (κ3) is 3.95. The number of carbonyl (C=O) groups excluding carboxylic acids is 1. The van der Waals surface area contributed by atoms with Gasteiger partial charge in [0.2, 0.25) is 0 Å². The normalized spacial score (nSPS) is 14.2. The standard InChI is InChI=1S/C18H20N4O3/c1-13-2-5-15(6-3-13)20-18(23)14-4-7-16(17(12-14)22(24)25)21-10-8-19-9-11-21/h2-7,12,19H,8-11H2,1H3,(H,20,23)/p+1. The van der Waals surface area contributed by atoms with Gasteiger partial charge in [-0.25, -0.2) is 0 Å². The van der Waals surface area contributed by atoms with Gasteiger partial charge in [-0.3, -0.25) is 14.9 Å². The van der Waals surface area contributed by atoms with Gasteiger partial charge in [-0.05, 0) is 31.2 Å². The van der Waals surface area contributed by atoms with E-state index in [2.05, 4.69) is 10.6 Å². The van der Waals surface area contributed by atoms with Crippen LogP contribution >= 0.6 is 0 Å². The Morgan fingerprint density at radius 1 is 1.16 bits per heavy atom. The second kappa shape index (κ2) is 7.31. The Hall–Kier alpha value is -2.93. The number of nitro groups is 1. The zero-order valence-electron chi connectivity index (χ0n) is 14.1. The van der Waals surface area contributed by atoms with Gasteiger partial charge < -0.3 is 15.5 Å². The molecule has 1 heterocycles. The van der Waals surface area contributed by atoms with E-state index in [9.17, 15) is 14.9 Å². The molecule has 3 rings (SSSR count). The van der Waals surface area contributed by atoms with Crippen LogP contribution in [-0.2, 0) is 0 Å². The first kappa shape index (κ1) is 16.9. The van der Waals surface area contributed by atoms with E-state index < -0.39 is 4.92 Å². The predicted molar refractivity (Wildman–Crippen MR) is 96.1 cm³/mol. The number of hydrogen-bond donors (Lipinski definition) is 2. The van der Waals surface area contributed by atoms with Gasteiger partial charge >= 0.3 is 0 Å². The van der Waals surface area contributed by atoms with Crippen LogP contribution in [0.1, 0.15) is 15.9 Å². The fraction of sp³-hybridized carbons (Fsp3) is 0.278. The number of benzene rings is 2. The van der Waals surface area contributed by atoms with E-state index >= 15 is 0 Å². The first-order chi connectivity index (χ1) is 12.0. The van der Waals surface area contributed by atoms with E-state index in [0.29, 0.717) is 11.4 Å². The van der Waals surface area contributed by atoms with E-state index in [1.807, 2.05) is 24.0 Å². The van der Waals surface area contributed by atoms with Crippen molar-refractivity contribution < 1.29 is 15.0 Å². The zero-order valence-corrected chi connectivity index (χ0v) is 14.1. The van der Waals surface area contributed by atoms with E-state index in [4.69, 9.17) is 0 Å². The highest BCUT2D eigenvalue weighted by atomic mass is 16.6. The van der Waals surface area contributed by atoms with Gasteiger partial charge in [0.1, 0.15) is 5.69 Å². The maximum Gasteiger partial charge on any atom is 0.293 e. The van der Waals surface area contributed by atoms with Gasteiger partial charge in [0, 0.05) is 17.3 Å². The van der Waals surface area contributed by atoms with Crippen LogP contribution in [0.15, 0.2) is 42.5 Å². The molecule has 0 radical (unpaired) electrons. The number of nitro benzene ring substituents is 1. The lowest BCUT2D eigenvalue weighted by Crippen LogP contribution is -2.89. The Labute approximate surface area is 145 Å². The Morgan fingerprint density at radius 3 is 2.48 bits per heavy atom. The largest absolute Gasteiger partial charge is 0.355 e. The maximum atomic E-state index is 12.4. The van der Waals surface area contributed by atoms with Crippen LogP contribution in [0.4, 0.5) is 17.1 Å². The predicted octanol–water partition coefficient (Wildman–Crippen LogP) is 1.54. The number of nitrogens with zero attached hydrogens (tertiary/aromatic N) is 2. The van der Waals surface area contributed by atoms with Crippen LogP contribution < -0.4 is 15.5 Å². The minimum atomic E-state index is -0.420. The number of quaternary nitrogens is 1. The quantitative estimate of drug-likeness (QED) is 0.652. The summed E-state index contributed by atoms with van der Waals surface area (Å²) >= 11 is 0. The van der Waals surface area contributed by atoms with Crippen molar-refractivity contribution in [1.29, 1.82) is 0 Å². The minimum Gasteiger partial charge on any atom is -0.355 e. The van der Waals surface area contributed by atoms with Crippen molar-refractivity contribution in [2.75, 3.05) is 36.4 Å². The van der Waals surface area contributed by atoms with Gasteiger partial charge in [-0.2, -0.15) is 0 Å². The summed E-state index contributed by atoms with van der Waals surface area (Å²) < 4.78 is 0. The Bertz CT molecular complexity index is 783. The monoisotopic (exact) mass is 341 g/mol. The Morgan fingerprint density at radius 2 is 1.84 bits per heavy atom. The van der Waals surface area contributed by atoms with Crippen molar-refractivity contribution in [3.63, 3.8) is 0 Å². The number of piperazine rings is 1. The average molecular weight is 341 g/mol. The van der Waals surface area contributed by atoms with Crippen molar-refractivity contribution >= 4 is 23.0 Å². The van der Waals surface area contributed by atoms with Crippen LogP contribution in [-0.4, -0.2) is 37.0 Å². The molecule has 1 fully saturated rings. The first-order valence-electron chi connectivity index (χ1n) is 8.27. The Balaban J connectivity index is 1.84. The highest BCUT2D eigenvalue weighted by Gasteiger charge is 2.24. The smallest absolute Gasteiger partial charge is 0.293 e. The lowest BCUT2D eigenvalue weighted by atomic mass is 10.1. The van der Waals surface area contributed by atoms with Crippen molar-refractivity contribution in [1.82, 2.24) is 0 Å². The van der Waals surface area contributed by atoms with Crippen LogP contribution in [0.2, 0.25) is 0 Å². The molecule has 7 heteroatoms. The second-order valence-electron chi connectivity index (χ2n) is 6.13. The van der Waals surface area contributed by atoms with E-state index in [1.165, 1.54) is 6.07 Å². The van der Waals surface area contributed by atoms with Crippen LogP contribution in [0.5, 0.6) is 0 Å². The average Bonchev–Trinajstić information content (AvgIpc) is 2.63. The summed E-state index contributed by atoms with van der Waals surface area (Å²) in [4.78, 5) is 25.5. The molecule has 0 aliphatic carbocycles. The number of aryl methyl sites for hydroxylation is 1. The van der Waals surface area contributed by atoms with Crippen molar-refractivity contribution in [3.05, 3.63) is 63.7 Å². The minimum absolute atomic E-state index is 0.0292. The molecule has 3 N–H and O–H groups in total. The molecule has 1 aliphatic rings. The summed E-state index contributed by atoms with van der Waals surface area (Å²) in [5.41, 5.74) is 2.58. The third-order valence-corrected chi connectivity index (χ3v) is 4.29. The Kier molecular flexibility index (Phi) is 4.95. The molecule has 130 valence electrons. The summed E-state index contributed by atoms with van der Waals surface area (Å²) in [6, 6.07) is 12.1. The zero-order chi connectivity index (χ0) is 17.8. The molecular formula is C18H21N4O3+. The van der Waals surface area contributed by atoms with Gasteiger partial charge in [-0.1, -0.05) is 17.7 Å². The molecule has 1 saturated heterocycles. The molecule has 0 aromatic heterocycles. The van der Waals surface area contributed by atoms with Gasteiger partial charge in [0.15, 0.2) is 0 Å². The summed E-state index contributed by atoms with van der Waals surface area (Å²) in [5, 5.41) is 16.4. The molecule has 2 aromatic rings. The highest BCUT2D eigenvalue weighted by molar-refractivity contribution is 6.05. The number of carbonyl (C=O) groups is 1. The molecule has 0 unspecified atom stereocenters. The fourth-order valence-corrected chi connectivity index (χ4v) is 2.91. The third-order valence-electron chi connectivity index (χ3n) is 4.29. The van der Waals surface area contributed by atoms with Crippen LogP contribution in [0, 0.1) is 17.0 Å². The van der Waals surface area contributed by atoms with E-state index in [-0.39, 0.29) is 17.2 Å². The second-order valence-corrected chi connectivity index (χ2v) is 6.13. The maximum absolute atomic E-state index is 12.4. The lowest BCUT2D eigenvalue weighted by Gasteiger charge is -2.27. The van der Waals surface area contributed by atoms with E-state index in [1.54, 1.807) is 24.3 Å². The topological polar surface area (TPSA) is 92.1 Å². The molecule has 0 spiro atoms. The fourth-order valence-electron chi connectivity index (χ4n) is 2.91. The van der Waals surface area contributed by atoms with Crippen LogP contribution in [0.3, 0.4) is 0 Å². The van der Waals surface area contributed by atoms with Gasteiger partial charge in [0.25, 0.3) is 11.6 Å². The summed E-state index contributed by atoms with van der Waals surface area (Å²) in [6.45, 7) is 5.30. The van der Waals surface area contributed by atoms with Gasteiger partial charge in [0.05, 0.1) is 31.1 Å². The van der Waals surface area contributed by atoms with Gasteiger partial charge in [-0.15, -0.1) is 0 Å². The highest BCUT2D eigenvalue weighted by Crippen LogP contribution is 2.29. The molecule has 1 amide bonds. The number of nitrogens with two attached hydrogens (primary N) is 1. The molecule has 2 aromatic carbocycles. The van der Waals surface area contributed by atoms with Crippen molar-refractivity contribution in [3.8, 4) is 0 Å². The number of nitrogens with one attached hydrogen (secondary N) is 1. The summed E-state index contributed by atoms with van der Waals surface area (Å²) in [5.74, 6) is -0.356. The van der Waals surface area contributed by atoms with Crippen molar-refractivity contribution in [2.45, 2.75) is 6.92 Å². The first-order valence-corrected chi connectivity index (χ1v) is 8.27. The molecule has 0 bridgehead atoms. The lowest BCUT2D eigenvalue weighted by molar-refractivity contribution is -0.655. The summed E-state index contributed by atoms with van der Waals surface area (Å²) in [6.07, 6.45) is 0. The molecule has 1 aliphatic heterocycles. The number of amides is 1. The molecule has 0 atom stereocenters. The number of rotatable bonds is 4. The summed E-state index contributed by atoms with van der Waals surface area (Å²) in [7, 11) is 0. The SMILES string of the molecule is Cc1ccc(NC(=O)c2ccc(N3CC[NH2+]CC3)c([N+](=O)[O-])c2)cc1. The van der Waals surface area contributed by atoms with Crippen LogP contribution in [0.25, 0.3) is 0 Å². The van der Waals surface area contributed by atoms with E-state index in [0.717, 1.165) is 31.7 Å².